The van der Waals surface area contributed by atoms with Crippen LogP contribution in [0, 0.1) is 18.3 Å². The Morgan fingerprint density at radius 1 is 1.35 bits per heavy atom. The highest BCUT2D eigenvalue weighted by Crippen LogP contribution is 2.27. The van der Waals surface area contributed by atoms with Crippen LogP contribution in [0.2, 0.25) is 0 Å². The Bertz CT molecular complexity index is 340. The molecule has 0 saturated carbocycles. The van der Waals surface area contributed by atoms with Gasteiger partial charge in [-0.05, 0) is 43.2 Å². The van der Waals surface area contributed by atoms with E-state index in [1.807, 2.05) is 13.0 Å². The first-order chi connectivity index (χ1) is 7.82. The van der Waals surface area contributed by atoms with E-state index < -0.39 is 0 Å². The largest absolute Gasteiger partial charge is 0.465 e. The molecule has 1 aromatic rings. The molecule has 0 N–H and O–H groups in total. The molecule has 17 heavy (non-hydrogen) atoms. The van der Waals surface area contributed by atoms with Crippen LogP contribution in [0.5, 0.6) is 0 Å². The molecule has 0 aliphatic heterocycles. The molecular weight excluding hydrogens is 230 g/mol. The van der Waals surface area contributed by atoms with Crippen LogP contribution < -0.4 is 0 Å². The second kappa shape index (κ2) is 5.96. The number of aryl methyl sites for hydroxylation is 1. The van der Waals surface area contributed by atoms with E-state index in [-0.39, 0.29) is 0 Å². The smallest absolute Gasteiger partial charge is 0.118 e. The van der Waals surface area contributed by atoms with Crippen molar-refractivity contribution in [2.24, 2.45) is 11.3 Å². The maximum atomic E-state index is 5.59. The van der Waals surface area contributed by atoms with Gasteiger partial charge in [0.05, 0.1) is 6.54 Å². The molecule has 0 saturated heterocycles. The van der Waals surface area contributed by atoms with Crippen molar-refractivity contribution >= 4 is 12.6 Å². The minimum absolute atomic E-state index is 0.301. The number of thiol groups is 1. The zero-order chi connectivity index (χ0) is 13.1. The Morgan fingerprint density at radius 2 is 2.00 bits per heavy atom. The minimum atomic E-state index is 0.301. The monoisotopic (exact) mass is 255 g/mol. The molecule has 0 aromatic carbocycles. The molecule has 0 bridgehead atoms. The van der Waals surface area contributed by atoms with Crippen molar-refractivity contribution in [2.75, 3.05) is 19.3 Å². The molecule has 0 radical (unpaired) electrons. The van der Waals surface area contributed by atoms with Crippen LogP contribution in [0.15, 0.2) is 16.5 Å². The second-order valence-corrected chi connectivity index (χ2v) is 6.32. The third kappa shape index (κ3) is 4.76. The van der Waals surface area contributed by atoms with Gasteiger partial charge in [0.1, 0.15) is 11.5 Å². The van der Waals surface area contributed by atoms with Gasteiger partial charge in [0, 0.05) is 6.54 Å². The normalized spacial score (nSPS) is 14.3. The van der Waals surface area contributed by atoms with Gasteiger partial charge < -0.3 is 4.42 Å². The topological polar surface area (TPSA) is 16.4 Å². The van der Waals surface area contributed by atoms with Gasteiger partial charge in [-0.3, -0.25) is 4.90 Å². The number of nitrogens with zero attached hydrogens (tertiary/aromatic N) is 1. The number of furan rings is 1. The second-order valence-electron chi connectivity index (χ2n) is 5.95. The molecule has 1 unspecified atom stereocenters. The van der Waals surface area contributed by atoms with Crippen molar-refractivity contribution in [2.45, 2.75) is 34.2 Å². The molecule has 0 fully saturated rings. The lowest BCUT2D eigenvalue weighted by Gasteiger charge is -2.32. The average molecular weight is 255 g/mol. The molecule has 1 rings (SSSR count). The first kappa shape index (κ1) is 14.7. The summed E-state index contributed by atoms with van der Waals surface area (Å²) < 4.78 is 5.59. The predicted octanol–water partition coefficient (Wildman–Crippen LogP) is 3.61. The van der Waals surface area contributed by atoms with E-state index in [9.17, 15) is 0 Å². The molecule has 0 amide bonds. The molecular formula is C14H25NOS. The highest BCUT2D eigenvalue weighted by Gasteiger charge is 2.24. The van der Waals surface area contributed by atoms with E-state index in [1.165, 1.54) is 0 Å². The first-order valence-corrected chi connectivity index (χ1v) is 6.81. The summed E-state index contributed by atoms with van der Waals surface area (Å²) in [5.41, 5.74) is 0.301. The molecule has 1 heterocycles. The molecule has 1 aromatic heterocycles. The van der Waals surface area contributed by atoms with Crippen molar-refractivity contribution in [1.29, 1.82) is 0 Å². The van der Waals surface area contributed by atoms with E-state index in [1.54, 1.807) is 0 Å². The van der Waals surface area contributed by atoms with Crippen molar-refractivity contribution in [3.05, 3.63) is 23.7 Å². The lowest BCUT2D eigenvalue weighted by Crippen LogP contribution is -2.34. The van der Waals surface area contributed by atoms with Crippen LogP contribution in [0.1, 0.15) is 32.3 Å². The van der Waals surface area contributed by atoms with Crippen LogP contribution in [0.4, 0.5) is 0 Å². The summed E-state index contributed by atoms with van der Waals surface area (Å²) in [6.07, 6.45) is 0. The SMILES string of the molecule is Cc1ccc(CN(C)CC(CS)C(C)(C)C)o1. The van der Waals surface area contributed by atoms with Crippen molar-refractivity contribution in [3.63, 3.8) is 0 Å². The number of rotatable bonds is 5. The molecule has 1 atom stereocenters. The van der Waals surface area contributed by atoms with E-state index in [4.69, 9.17) is 4.42 Å². The van der Waals surface area contributed by atoms with Gasteiger partial charge >= 0.3 is 0 Å². The van der Waals surface area contributed by atoms with Crippen LogP contribution >= 0.6 is 12.6 Å². The fourth-order valence-electron chi connectivity index (χ4n) is 1.88. The predicted molar refractivity (Wildman–Crippen MR) is 76.6 cm³/mol. The summed E-state index contributed by atoms with van der Waals surface area (Å²) in [5.74, 6) is 3.53. The highest BCUT2D eigenvalue weighted by atomic mass is 32.1. The fraction of sp³-hybridized carbons (Fsp3) is 0.714. The van der Waals surface area contributed by atoms with Gasteiger partial charge in [-0.15, -0.1) is 0 Å². The summed E-state index contributed by atoms with van der Waals surface area (Å²) in [6.45, 7) is 10.7. The Hall–Kier alpha value is -0.410. The summed E-state index contributed by atoms with van der Waals surface area (Å²) in [5, 5.41) is 0. The molecule has 0 spiro atoms. The third-order valence-corrected chi connectivity index (χ3v) is 3.64. The van der Waals surface area contributed by atoms with Gasteiger partial charge in [-0.2, -0.15) is 12.6 Å². The van der Waals surface area contributed by atoms with Gasteiger partial charge in [0.15, 0.2) is 0 Å². The van der Waals surface area contributed by atoms with E-state index in [2.05, 4.69) is 51.4 Å². The maximum Gasteiger partial charge on any atom is 0.118 e. The lowest BCUT2D eigenvalue weighted by molar-refractivity contribution is 0.175. The highest BCUT2D eigenvalue weighted by molar-refractivity contribution is 7.80. The van der Waals surface area contributed by atoms with Gasteiger partial charge in [0.2, 0.25) is 0 Å². The van der Waals surface area contributed by atoms with Crippen molar-refractivity contribution in [3.8, 4) is 0 Å². The van der Waals surface area contributed by atoms with Gasteiger partial charge in [0.25, 0.3) is 0 Å². The standard InChI is InChI=1S/C14H25NOS/c1-11-6-7-13(16-11)9-15(5)8-12(10-17)14(2,3)4/h6-7,12,17H,8-10H2,1-5H3. The van der Waals surface area contributed by atoms with Crippen LogP contribution in [-0.2, 0) is 6.54 Å². The van der Waals surface area contributed by atoms with E-state index in [0.29, 0.717) is 11.3 Å². The Balaban J connectivity index is 2.51. The maximum absolute atomic E-state index is 5.59. The Morgan fingerprint density at radius 3 is 2.41 bits per heavy atom. The zero-order valence-electron chi connectivity index (χ0n) is 11.7. The van der Waals surface area contributed by atoms with Crippen molar-refractivity contribution < 1.29 is 4.42 Å². The molecule has 3 heteroatoms. The molecule has 98 valence electrons. The summed E-state index contributed by atoms with van der Waals surface area (Å²) in [6, 6.07) is 4.07. The number of hydrogen-bond donors (Lipinski definition) is 1. The molecule has 0 aliphatic rings. The molecule has 2 nitrogen and oxygen atoms in total. The van der Waals surface area contributed by atoms with Crippen LogP contribution in [-0.4, -0.2) is 24.2 Å². The fourth-order valence-corrected chi connectivity index (χ4v) is 2.55. The number of hydrogen-bond acceptors (Lipinski definition) is 3. The minimum Gasteiger partial charge on any atom is -0.465 e. The Labute approximate surface area is 111 Å². The zero-order valence-corrected chi connectivity index (χ0v) is 12.6. The quantitative estimate of drug-likeness (QED) is 0.809. The third-order valence-electron chi connectivity index (χ3n) is 3.20. The summed E-state index contributed by atoms with van der Waals surface area (Å²) in [4.78, 5) is 2.31. The average Bonchev–Trinajstić information content (AvgIpc) is 2.58. The van der Waals surface area contributed by atoms with E-state index >= 15 is 0 Å². The van der Waals surface area contributed by atoms with Crippen LogP contribution in [0.25, 0.3) is 0 Å². The lowest BCUT2D eigenvalue weighted by atomic mass is 9.81. The van der Waals surface area contributed by atoms with Crippen molar-refractivity contribution in [1.82, 2.24) is 4.90 Å². The summed E-state index contributed by atoms with van der Waals surface area (Å²) >= 11 is 4.46. The van der Waals surface area contributed by atoms with E-state index in [0.717, 1.165) is 30.4 Å². The van der Waals surface area contributed by atoms with Gasteiger partial charge in [-0.25, -0.2) is 0 Å². The van der Waals surface area contributed by atoms with Crippen LogP contribution in [0.3, 0.4) is 0 Å². The summed E-state index contributed by atoms with van der Waals surface area (Å²) in [7, 11) is 2.14. The first-order valence-electron chi connectivity index (χ1n) is 6.17. The van der Waals surface area contributed by atoms with Gasteiger partial charge in [-0.1, -0.05) is 20.8 Å². The molecule has 0 aliphatic carbocycles. The Kier molecular flexibility index (Phi) is 5.14.